The number of rotatable bonds is 7. The topological polar surface area (TPSA) is 118 Å². The van der Waals surface area contributed by atoms with Gasteiger partial charge in [0.15, 0.2) is 5.69 Å². The predicted octanol–water partition coefficient (Wildman–Crippen LogP) is 5.66. The lowest BCUT2D eigenvalue weighted by molar-refractivity contribution is -0.138. The van der Waals surface area contributed by atoms with Gasteiger partial charge < -0.3 is 10.2 Å². The Hall–Kier alpha value is -3.91. The van der Waals surface area contributed by atoms with Gasteiger partial charge in [0.2, 0.25) is 5.95 Å². The summed E-state index contributed by atoms with van der Waals surface area (Å²) in [5.41, 5.74) is 1.69. The predicted molar refractivity (Wildman–Crippen MR) is 165 cm³/mol. The number of benzene rings is 1. The number of fused-ring (bicyclic) bond motifs is 1. The van der Waals surface area contributed by atoms with E-state index in [9.17, 15) is 22.8 Å². The number of aryl methyl sites for hydroxylation is 1. The van der Waals surface area contributed by atoms with E-state index < -0.39 is 17.6 Å². The van der Waals surface area contributed by atoms with Crippen LogP contribution in [0.25, 0.3) is 10.9 Å². The summed E-state index contributed by atoms with van der Waals surface area (Å²) < 4.78 is 43.0. The average molecular weight is 647 g/mol. The Labute approximate surface area is 260 Å². The van der Waals surface area contributed by atoms with E-state index in [0.29, 0.717) is 54.3 Å². The molecule has 3 aromatic heterocycles. The van der Waals surface area contributed by atoms with Crippen molar-refractivity contribution >= 4 is 52.0 Å². The van der Waals surface area contributed by atoms with Gasteiger partial charge in [-0.25, -0.2) is 19.9 Å². The van der Waals surface area contributed by atoms with Crippen LogP contribution in [0.5, 0.6) is 0 Å². The molecule has 0 spiro atoms. The minimum atomic E-state index is -4.49. The number of carbonyl (C=O) groups excluding carboxylic acids is 1. The number of amides is 1. The number of aromatic nitrogens is 5. The molecule has 1 unspecified atom stereocenters. The summed E-state index contributed by atoms with van der Waals surface area (Å²) in [6.07, 6.45) is 0.0485. The summed E-state index contributed by atoms with van der Waals surface area (Å²) in [6, 6.07) is 6.65. The first kappa shape index (κ1) is 31.5. The molecule has 1 aromatic carbocycles. The van der Waals surface area contributed by atoms with E-state index in [0.717, 1.165) is 35.5 Å². The van der Waals surface area contributed by atoms with Crippen LogP contribution in [-0.4, -0.2) is 49.8 Å². The van der Waals surface area contributed by atoms with E-state index >= 15 is 0 Å². The van der Waals surface area contributed by atoms with Crippen LogP contribution in [0.3, 0.4) is 0 Å². The van der Waals surface area contributed by atoms with Crippen LogP contribution in [0.1, 0.15) is 64.7 Å². The second kappa shape index (κ2) is 12.6. The number of halogens is 4. The van der Waals surface area contributed by atoms with Crippen molar-refractivity contribution in [1.29, 1.82) is 0 Å². The van der Waals surface area contributed by atoms with Gasteiger partial charge in [0, 0.05) is 50.3 Å². The van der Waals surface area contributed by atoms with E-state index in [4.69, 9.17) is 16.6 Å². The first-order chi connectivity index (χ1) is 20.9. The number of alkyl halides is 3. The average Bonchev–Trinajstić information content (AvgIpc) is 2.99. The third kappa shape index (κ3) is 6.46. The van der Waals surface area contributed by atoms with Crippen molar-refractivity contribution < 1.29 is 18.0 Å². The molecule has 4 heterocycles. The molecular weight excluding hydrogens is 617 g/mol. The lowest BCUT2D eigenvalue weighted by Gasteiger charge is -2.33. The number of piperidine rings is 1. The summed E-state index contributed by atoms with van der Waals surface area (Å²) in [5, 5.41) is 3.99. The van der Waals surface area contributed by atoms with Crippen LogP contribution in [0.4, 0.5) is 24.8 Å². The maximum atomic E-state index is 13.6. The largest absolute Gasteiger partial charge is 0.419 e. The maximum absolute atomic E-state index is 13.6. The molecule has 5 rings (SSSR count). The minimum absolute atomic E-state index is 0.112. The zero-order chi connectivity index (χ0) is 31.8. The molecule has 2 N–H and O–H groups in total. The van der Waals surface area contributed by atoms with Crippen LogP contribution in [-0.2, 0) is 13.2 Å². The third-order valence-corrected chi connectivity index (χ3v) is 8.18. The number of nitrogens with zero attached hydrogens (tertiary/aromatic N) is 6. The van der Waals surface area contributed by atoms with E-state index in [-0.39, 0.29) is 28.4 Å². The molecule has 1 aliphatic rings. The SMILES string of the molecule is CSNC(=O)c1nc(Cl)ccc1NC(C)c1cc(C)cc2c(=O)n(C)c(N3CCC(c4ncc(C(F)(F)F)cn4)CC3)nc12. The number of nitrogens with one attached hydrogen (secondary N) is 2. The van der Waals surface area contributed by atoms with E-state index in [1.54, 1.807) is 31.5 Å². The molecule has 0 radical (unpaired) electrons. The Balaban J connectivity index is 1.44. The van der Waals surface area contributed by atoms with Gasteiger partial charge in [-0.15, -0.1) is 0 Å². The van der Waals surface area contributed by atoms with E-state index in [2.05, 4.69) is 25.0 Å². The highest BCUT2D eigenvalue weighted by molar-refractivity contribution is 7.97. The molecule has 0 bridgehead atoms. The third-order valence-electron chi connectivity index (χ3n) is 7.58. The van der Waals surface area contributed by atoms with Crippen molar-refractivity contribution in [2.45, 2.75) is 44.8 Å². The maximum Gasteiger partial charge on any atom is 0.419 e. The molecule has 4 aromatic rings. The van der Waals surface area contributed by atoms with Crippen LogP contribution in [0, 0.1) is 6.92 Å². The smallest absolute Gasteiger partial charge is 0.377 e. The number of anilines is 2. The molecule has 1 amide bonds. The second-order valence-electron chi connectivity index (χ2n) is 10.6. The van der Waals surface area contributed by atoms with Crippen molar-refractivity contribution in [2.24, 2.45) is 7.05 Å². The fraction of sp³-hybridized carbons (Fsp3) is 0.379. The molecule has 1 fully saturated rings. The quantitative estimate of drug-likeness (QED) is 0.194. The summed E-state index contributed by atoms with van der Waals surface area (Å²) in [5.74, 6) is 0.347. The van der Waals surface area contributed by atoms with Gasteiger partial charge in [-0.3, -0.25) is 18.9 Å². The Morgan fingerprint density at radius 1 is 1.14 bits per heavy atom. The van der Waals surface area contributed by atoms with Crippen LogP contribution < -0.4 is 20.5 Å². The molecule has 0 saturated carbocycles. The van der Waals surface area contributed by atoms with Crippen molar-refractivity contribution in [2.75, 3.05) is 29.6 Å². The molecule has 1 atom stereocenters. The van der Waals surface area contributed by atoms with Gasteiger partial charge in [-0.2, -0.15) is 13.2 Å². The lowest BCUT2D eigenvalue weighted by Crippen LogP contribution is -2.38. The monoisotopic (exact) mass is 646 g/mol. The van der Waals surface area contributed by atoms with Crippen LogP contribution >= 0.6 is 23.5 Å². The Morgan fingerprint density at radius 3 is 2.45 bits per heavy atom. The fourth-order valence-electron chi connectivity index (χ4n) is 5.36. The zero-order valence-electron chi connectivity index (χ0n) is 24.4. The lowest BCUT2D eigenvalue weighted by atomic mass is 9.96. The summed E-state index contributed by atoms with van der Waals surface area (Å²) >= 11 is 7.22. The molecule has 1 aliphatic heterocycles. The highest BCUT2D eigenvalue weighted by atomic mass is 35.5. The Kier molecular flexibility index (Phi) is 9.02. The number of carbonyl (C=O) groups is 1. The van der Waals surface area contributed by atoms with Gasteiger partial charge in [0.25, 0.3) is 11.5 Å². The van der Waals surface area contributed by atoms with Gasteiger partial charge in [-0.1, -0.05) is 29.6 Å². The Morgan fingerprint density at radius 2 is 1.82 bits per heavy atom. The number of hydrogen-bond acceptors (Lipinski definition) is 9. The van der Waals surface area contributed by atoms with Crippen molar-refractivity contribution in [3.63, 3.8) is 0 Å². The number of hydrogen-bond donors (Lipinski definition) is 2. The van der Waals surface area contributed by atoms with E-state index in [1.165, 1.54) is 4.57 Å². The zero-order valence-corrected chi connectivity index (χ0v) is 25.9. The van der Waals surface area contributed by atoms with Crippen molar-refractivity contribution in [3.05, 3.63) is 80.4 Å². The highest BCUT2D eigenvalue weighted by Crippen LogP contribution is 2.33. The molecule has 0 aliphatic carbocycles. The summed E-state index contributed by atoms with van der Waals surface area (Å²) in [7, 11) is 1.68. The molecule has 15 heteroatoms. The van der Waals surface area contributed by atoms with Gasteiger partial charge in [0.1, 0.15) is 11.0 Å². The molecule has 232 valence electrons. The second-order valence-corrected chi connectivity index (χ2v) is 11.6. The highest BCUT2D eigenvalue weighted by Gasteiger charge is 2.32. The standard InChI is InChI=1S/C29H30ClF3N8O2S/c1-15-11-19(16(2)36-21-5-6-22(30)37-24(21)26(42)39-44-4)23-20(12-15)27(43)40(3)28(38-23)41-9-7-17(8-10-41)25-34-13-18(14-35-25)29(31,32)33/h5-6,11-14,16-17,36H,7-10H2,1-4H3,(H,39,42). The molecule has 1 saturated heterocycles. The van der Waals surface area contributed by atoms with Crippen molar-refractivity contribution in [3.8, 4) is 0 Å². The van der Waals surface area contributed by atoms with Gasteiger partial charge in [-0.05, 0) is 50.5 Å². The fourth-order valence-corrected chi connectivity index (χ4v) is 5.79. The minimum Gasteiger partial charge on any atom is -0.377 e. The molecule has 44 heavy (non-hydrogen) atoms. The number of pyridine rings is 1. The van der Waals surface area contributed by atoms with Crippen LogP contribution in [0.2, 0.25) is 5.15 Å². The molecule has 10 nitrogen and oxygen atoms in total. The van der Waals surface area contributed by atoms with Gasteiger partial charge >= 0.3 is 6.18 Å². The normalized spacial score (nSPS) is 15.0. The van der Waals surface area contributed by atoms with Crippen molar-refractivity contribution in [1.82, 2.24) is 29.2 Å². The van der Waals surface area contributed by atoms with Gasteiger partial charge in [0.05, 0.1) is 28.2 Å². The Bertz CT molecular complexity index is 1760. The summed E-state index contributed by atoms with van der Waals surface area (Å²) in [4.78, 5) is 45.4. The summed E-state index contributed by atoms with van der Waals surface area (Å²) in [6.45, 7) is 4.84. The first-order valence-electron chi connectivity index (χ1n) is 13.8. The van der Waals surface area contributed by atoms with E-state index in [1.807, 2.05) is 24.8 Å². The van der Waals surface area contributed by atoms with Crippen LogP contribution in [0.15, 0.2) is 41.5 Å². The molecular formula is C29H30ClF3N8O2S. The first-order valence-corrected chi connectivity index (χ1v) is 15.4.